The van der Waals surface area contributed by atoms with Crippen LogP contribution in [0.2, 0.25) is 0 Å². The van der Waals surface area contributed by atoms with E-state index in [0.717, 1.165) is 18.4 Å². The molecule has 1 aromatic heterocycles. The van der Waals surface area contributed by atoms with E-state index in [1.54, 1.807) is 0 Å². The third-order valence-corrected chi connectivity index (χ3v) is 2.96. The molecule has 1 nitrogen and oxygen atoms in total. The molecule has 0 N–H and O–H groups in total. The highest BCUT2D eigenvalue weighted by Crippen LogP contribution is 2.27. The van der Waals surface area contributed by atoms with Crippen molar-refractivity contribution >= 4 is 16.5 Å². The number of aromatic nitrogens is 1. The van der Waals surface area contributed by atoms with Gasteiger partial charge in [-0.25, -0.2) is 0 Å². The molecule has 0 amide bonds. The van der Waals surface area contributed by atoms with Crippen LogP contribution in [-0.2, 0) is 0 Å². The van der Waals surface area contributed by atoms with Gasteiger partial charge in [-0.1, -0.05) is 36.4 Å². The van der Waals surface area contributed by atoms with Crippen molar-refractivity contribution in [1.82, 2.24) is 4.98 Å². The molecule has 0 aliphatic heterocycles. The summed E-state index contributed by atoms with van der Waals surface area (Å²) < 4.78 is 0. The van der Waals surface area contributed by atoms with Gasteiger partial charge in [-0.05, 0) is 36.1 Å². The standard InChI is InChI=1S/C15H13N/c1-2-6-12(7-3-1)13-10-11-16-15-9-5-4-8-14(13)15/h2,4-11H,1,3H2. The smallest absolute Gasteiger partial charge is 0.0708 e. The lowest BCUT2D eigenvalue weighted by Crippen LogP contribution is -1.89. The van der Waals surface area contributed by atoms with Gasteiger partial charge in [0.15, 0.2) is 0 Å². The summed E-state index contributed by atoms with van der Waals surface area (Å²) in [6, 6.07) is 10.4. The van der Waals surface area contributed by atoms with Crippen molar-refractivity contribution in [3.8, 4) is 0 Å². The molecule has 0 atom stereocenters. The fourth-order valence-electron chi connectivity index (χ4n) is 2.16. The van der Waals surface area contributed by atoms with Gasteiger partial charge in [0.1, 0.15) is 0 Å². The van der Waals surface area contributed by atoms with Gasteiger partial charge in [-0.2, -0.15) is 0 Å². The molecule has 0 radical (unpaired) electrons. The number of para-hydroxylation sites is 1. The SMILES string of the molecule is C1=CC(c2ccnc3ccccc23)=CCC1. The van der Waals surface area contributed by atoms with E-state index in [4.69, 9.17) is 0 Å². The zero-order chi connectivity index (χ0) is 10.8. The molecule has 1 aliphatic rings. The molecule has 1 heteroatoms. The van der Waals surface area contributed by atoms with Gasteiger partial charge in [0.05, 0.1) is 5.52 Å². The average molecular weight is 207 g/mol. The first-order chi connectivity index (χ1) is 7.95. The highest BCUT2D eigenvalue weighted by atomic mass is 14.6. The third kappa shape index (κ3) is 1.54. The first-order valence-electron chi connectivity index (χ1n) is 5.66. The van der Waals surface area contributed by atoms with Crippen LogP contribution in [0.25, 0.3) is 16.5 Å². The largest absolute Gasteiger partial charge is 0.256 e. The van der Waals surface area contributed by atoms with E-state index < -0.39 is 0 Å². The Kier molecular flexibility index (Phi) is 2.30. The van der Waals surface area contributed by atoms with Crippen LogP contribution in [-0.4, -0.2) is 4.98 Å². The fraction of sp³-hybridized carbons (Fsp3) is 0.133. The van der Waals surface area contributed by atoms with Crippen LogP contribution in [0.15, 0.2) is 54.8 Å². The summed E-state index contributed by atoms with van der Waals surface area (Å²) in [6.07, 6.45) is 11.0. The molecule has 2 aromatic rings. The highest BCUT2D eigenvalue weighted by Gasteiger charge is 2.05. The molecule has 0 saturated carbocycles. The number of pyridine rings is 1. The van der Waals surface area contributed by atoms with Crippen LogP contribution >= 0.6 is 0 Å². The van der Waals surface area contributed by atoms with Crippen LogP contribution < -0.4 is 0 Å². The normalized spacial score (nSPS) is 15.1. The third-order valence-electron chi connectivity index (χ3n) is 2.96. The summed E-state index contributed by atoms with van der Waals surface area (Å²) in [5.41, 5.74) is 3.69. The van der Waals surface area contributed by atoms with E-state index in [0.29, 0.717) is 0 Å². The van der Waals surface area contributed by atoms with E-state index in [9.17, 15) is 0 Å². The van der Waals surface area contributed by atoms with Crippen LogP contribution in [0, 0.1) is 0 Å². The van der Waals surface area contributed by atoms with Crippen molar-refractivity contribution < 1.29 is 0 Å². The van der Waals surface area contributed by atoms with Crippen LogP contribution in [0.1, 0.15) is 18.4 Å². The van der Waals surface area contributed by atoms with Crippen molar-refractivity contribution in [2.24, 2.45) is 0 Å². The van der Waals surface area contributed by atoms with Gasteiger partial charge >= 0.3 is 0 Å². The van der Waals surface area contributed by atoms with Gasteiger partial charge < -0.3 is 0 Å². The Morgan fingerprint density at radius 1 is 1.00 bits per heavy atom. The summed E-state index contributed by atoms with van der Waals surface area (Å²) in [4.78, 5) is 4.39. The summed E-state index contributed by atoms with van der Waals surface area (Å²) in [6.45, 7) is 0. The number of nitrogens with zero attached hydrogens (tertiary/aromatic N) is 1. The van der Waals surface area contributed by atoms with E-state index in [1.807, 2.05) is 12.3 Å². The molecule has 0 saturated heterocycles. The van der Waals surface area contributed by atoms with Crippen molar-refractivity contribution in [3.63, 3.8) is 0 Å². The molecule has 0 fully saturated rings. The lowest BCUT2D eigenvalue weighted by atomic mass is 9.97. The first kappa shape index (κ1) is 9.34. The predicted molar refractivity (Wildman–Crippen MR) is 68.1 cm³/mol. The fourth-order valence-corrected chi connectivity index (χ4v) is 2.16. The maximum atomic E-state index is 4.39. The van der Waals surface area contributed by atoms with Crippen molar-refractivity contribution in [1.29, 1.82) is 0 Å². The van der Waals surface area contributed by atoms with Crippen molar-refractivity contribution in [2.45, 2.75) is 12.8 Å². The molecule has 0 spiro atoms. The number of benzene rings is 1. The lowest BCUT2D eigenvalue weighted by molar-refractivity contribution is 1.04. The monoisotopic (exact) mass is 207 g/mol. The molecule has 16 heavy (non-hydrogen) atoms. The van der Waals surface area contributed by atoms with E-state index in [1.165, 1.54) is 16.5 Å². The van der Waals surface area contributed by atoms with Crippen molar-refractivity contribution in [3.05, 3.63) is 60.3 Å². The Bertz CT molecular complexity index is 574. The van der Waals surface area contributed by atoms with Crippen LogP contribution in [0.4, 0.5) is 0 Å². The lowest BCUT2D eigenvalue weighted by Gasteiger charge is -2.09. The minimum Gasteiger partial charge on any atom is -0.256 e. The minimum atomic E-state index is 1.07. The zero-order valence-corrected chi connectivity index (χ0v) is 9.06. The highest BCUT2D eigenvalue weighted by molar-refractivity contribution is 5.94. The van der Waals surface area contributed by atoms with Gasteiger partial charge in [0.2, 0.25) is 0 Å². The molecule has 1 aliphatic carbocycles. The number of fused-ring (bicyclic) bond motifs is 1. The van der Waals surface area contributed by atoms with Crippen LogP contribution in [0.5, 0.6) is 0 Å². The molecule has 0 bridgehead atoms. The second-order valence-corrected chi connectivity index (χ2v) is 4.01. The Morgan fingerprint density at radius 2 is 1.94 bits per heavy atom. The van der Waals surface area contributed by atoms with E-state index >= 15 is 0 Å². The number of rotatable bonds is 1. The maximum Gasteiger partial charge on any atom is 0.0708 e. The Hall–Kier alpha value is -1.89. The molecular formula is C15H13N. The summed E-state index contributed by atoms with van der Waals surface area (Å²) >= 11 is 0. The van der Waals surface area contributed by atoms with Gasteiger partial charge in [0.25, 0.3) is 0 Å². The topological polar surface area (TPSA) is 12.9 Å². The van der Waals surface area contributed by atoms with Gasteiger partial charge in [0, 0.05) is 11.6 Å². The molecule has 3 rings (SSSR count). The van der Waals surface area contributed by atoms with Gasteiger partial charge in [-0.3, -0.25) is 4.98 Å². The second kappa shape index (κ2) is 3.93. The predicted octanol–water partition coefficient (Wildman–Crippen LogP) is 3.97. The second-order valence-electron chi connectivity index (χ2n) is 4.01. The van der Waals surface area contributed by atoms with E-state index in [2.05, 4.69) is 47.5 Å². The quantitative estimate of drug-likeness (QED) is 0.689. The summed E-state index contributed by atoms with van der Waals surface area (Å²) in [5, 5.41) is 1.24. The molecule has 1 aromatic carbocycles. The minimum absolute atomic E-state index is 1.07. The number of allylic oxidation sites excluding steroid dienone is 4. The zero-order valence-electron chi connectivity index (χ0n) is 9.06. The molecular weight excluding hydrogens is 194 g/mol. The van der Waals surface area contributed by atoms with Gasteiger partial charge in [-0.15, -0.1) is 0 Å². The summed E-state index contributed by atoms with van der Waals surface area (Å²) in [5.74, 6) is 0. The number of hydrogen-bond acceptors (Lipinski definition) is 1. The average Bonchev–Trinajstić information content (AvgIpc) is 2.39. The van der Waals surface area contributed by atoms with Crippen LogP contribution in [0.3, 0.4) is 0 Å². The molecule has 1 heterocycles. The van der Waals surface area contributed by atoms with E-state index in [-0.39, 0.29) is 0 Å². The maximum absolute atomic E-state index is 4.39. The Balaban J connectivity index is 2.23. The Morgan fingerprint density at radius 3 is 2.81 bits per heavy atom. The summed E-state index contributed by atoms with van der Waals surface area (Å²) in [7, 11) is 0. The number of hydrogen-bond donors (Lipinski definition) is 0. The molecule has 78 valence electrons. The molecule has 0 unspecified atom stereocenters. The Labute approximate surface area is 95.1 Å². The van der Waals surface area contributed by atoms with Crippen molar-refractivity contribution in [2.75, 3.05) is 0 Å². The first-order valence-corrected chi connectivity index (χ1v) is 5.66.